The van der Waals surface area contributed by atoms with Crippen LogP contribution in [0.5, 0.6) is 5.75 Å². The van der Waals surface area contributed by atoms with Gasteiger partial charge < -0.3 is 15.0 Å². The maximum Gasteiger partial charge on any atom is 0.332 e. The van der Waals surface area contributed by atoms with E-state index in [1.54, 1.807) is 48.8 Å². The fourth-order valence-electron chi connectivity index (χ4n) is 3.77. The molecule has 1 aliphatic rings. The summed E-state index contributed by atoms with van der Waals surface area (Å²) in [5.41, 5.74) is 1.50. The Hall–Kier alpha value is -4.27. The lowest BCUT2D eigenvalue weighted by Crippen LogP contribution is -2.37. The molecule has 180 valence electrons. The number of ether oxygens (including phenoxy) is 1. The average Bonchev–Trinajstić information content (AvgIpc) is 3.08. The summed E-state index contributed by atoms with van der Waals surface area (Å²) in [4.78, 5) is 45.8. The highest BCUT2D eigenvalue weighted by atomic mass is 19.1. The van der Waals surface area contributed by atoms with E-state index in [4.69, 9.17) is 4.74 Å². The first-order valence-corrected chi connectivity index (χ1v) is 11.3. The van der Waals surface area contributed by atoms with Crippen molar-refractivity contribution in [2.75, 3.05) is 16.8 Å². The maximum atomic E-state index is 13.4. The molecule has 1 fully saturated rings. The van der Waals surface area contributed by atoms with Crippen LogP contribution in [0.4, 0.5) is 20.6 Å². The van der Waals surface area contributed by atoms with Crippen molar-refractivity contribution in [2.24, 2.45) is 0 Å². The molecule has 0 spiro atoms. The molecule has 0 bridgehead atoms. The van der Waals surface area contributed by atoms with Crippen LogP contribution in [0, 0.1) is 5.82 Å². The Bertz CT molecular complexity index is 1190. The summed E-state index contributed by atoms with van der Waals surface area (Å²) in [5.74, 6) is -0.763. The van der Waals surface area contributed by atoms with Crippen molar-refractivity contribution >= 4 is 29.2 Å². The predicted molar refractivity (Wildman–Crippen MR) is 128 cm³/mol. The van der Waals surface area contributed by atoms with Crippen molar-refractivity contribution in [1.29, 1.82) is 0 Å². The summed E-state index contributed by atoms with van der Waals surface area (Å²) < 4.78 is 19.0. The molecule has 8 nitrogen and oxygen atoms in total. The number of imide groups is 1. The topological polar surface area (TPSA) is 91.8 Å². The number of carbonyl (C=O) groups is 3. The zero-order chi connectivity index (χ0) is 24.8. The number of rotatable bonds is 9. The van der Waals surface area contributed by atoms with Gasteiger partial charge in [-0.1, -0.05) is 13.0 Å². The SMILES string of the molecule is CCCOc1ccc(NC(=O)CC2C(=O)N(c3ccc(F)cc3)C(=O)N2Cc2cccnc2)cc1. The van der Waals surface area contributed by atoms with E-state index in [0.717, 1.165) is 11.3 Å². The molecule has 1 aliphatic heterocycles. The maximum absolute atomic E-state index is 13.4. The fourth-order valence-corrected chi connectivity index (χ4v) is 3.77. The van der Waals surface area contributed by atoms with Crippen LogP contribution in [0.2, 0.25) is 0 Å². The molecule has 4 rings (SSSR count). The highest BCUT2D eigenvalue weighted by Gasteiger charge is 2.46. The zero-order valence-electron chi connectivity index (χ0n) is 19.2. The number of urea groups is 1. The fraction of sp³-hybridized carbons (Fsp3) is 0.231. The van der Waals surface area contributed by atoms with Gasteiger partial charge in [-0.25, -0.2) is 14.1 Å². The van der Waals surface area contributed by atoms with Gasteiger partial charge in [-0.05, 0) is 66.6 Å². The van der Waals surface area contributed by atoms with E-state index in [1.165, 1.54) is 29.2 Å². The van der Waals surface area contributed by atoms with Crippen LogP contribution in [0.15, 0.2) is 73.1 Å². The largest absolute Gasteiger partial charge is 0.494 e. The Morgan fingerprint density at radius 2 is 1.83 bits per heavy atom. The van der Waals surface area contributed by atoms with E-state index < -0.39 is 29.7 Å². The van der Waals surface area contributed by atoms with E-state index >= 15 is 0 Å². The number of halogens is 1. The van der Waals surface area contributed by atoms with Crippen LogP contribution in [-0.4, -0.2) is 40.4 Å². The third-order valence-corrected chi connectivity index (χ3v) is 5.47. The van der Waals surface area contributed by atoms with E-state index in [9.17, 15) is 18.8 Å². The van der Waals surface area contributed by atoms with Crippen molar-refractivity contribution < 1.29 is 23.5 Å². The van der Waals surface area contributed by atoms with Gasteiger partial charge in [0.1, 0.15) is 17.6 Å². The number of hydrogen-bond donors (Lipinski definition) is 1. The number of hydrogen-bond acceptors (Lipinski definition) is 5. The third-order valence-electron chi connectivity index (χ3n) is 5.47. The number of amides is 4. The number of anilines is 2. The van der Waals surface area contributed by atoms with E-state index in [0.29, 0.717) is 23.6 Å². The summed E-state index contributed by atoms with van der Waals surface area (Å²) in [6.45, 7) is 2.71. The zero-order valence-corrected chi connectivity index (χ0v) is 19.2. The van der Waals surface area contributed by atoms with Crippen molar-refractivity contribution in [2.45, 2.75) is 32.4 Å². The lowest BCUT2D eigenvalue weighted by atomic mass is 10.1. The van der Waals surface area contributed by atoms with Crippen LogP contribution in [0.25, 0.3) is 0 Å². The van der Waals surface area contributed by atoms with Crippen LogP contribution < -0.4 is 15.0 Å². The minimum absolute atomic E-state index is 0.0948. The molecule has 35 heavy (non-hydrogen) atoms. The summed E-state index contributed by atoms with van der Waals surface area (Å²) >= 11 is 0. The van der Waals surface area contributed by atoms with Gasteiger partial charge in [-0.15, -0.1) is 0 Å². The van der Waals surface area contributed by atoms with Gasteiger partial charge in [0.05, 0.1) is 18.7 Å². The van der Waals surface area contributed by atoms with Gasteiger partial charge in [0.15, 0.2) is 0 Å². The quantitative estimate of drug-likeness (QED) is 0.463. The van der Waals surface area contributed by atoms with Crippen LogP contribution in [0.3, 0.4) is 0 Å². The molecule has 1 aromatic heterocycles. The van der Waals surface area contributed by atoms with Gasteiger partial charge in [-0.2, -0.15) is 0 Å². The van der Waals surface area contributed by atoms with Crippen LogP contribution in [0.1, 0.15) is 25.3 Å². The number of nitrogens with one attached hydrogen (secondary N) is 1. The number of pyridine rings is 1. The Morgan fingerprint density at radius 3 is 2.49 bits per heavy atom. The van der Waals surface area contributed by atoms with Gasteiger partial charge >= 0.3 is 6.03 Å². The molecule has 0 radical (unpaired) electrons. The smallest absolute Gasteiger partial charge is 0.332 e. The Balaban J connectivity index is 1.52. The van der Waals surface area contributed by atoms with E-state index in [2.05, 4.69) is 10.3 Å². The standard InChI is InChI=1S/C26H25FN4O4/c1-2-14-35-22-11-7-20(8-12-22)29-24(32)15-23-25(33)31(21-9-5-19(27)6-10-21)26(34)30(23)17-18-4-3-13-28-16-18/h3-13,16,23H,2,14-15,17H2,1H3,(H,29,32). The van der Waals surface area contributed by atoms with Crippen molar-refractivity contribution in [3.8, 4) is 5.75 Å². The average molecular weight is 477 g/mol. The molecule has 9 heteroatoms. The van der Waals surface area contributed by atoms with E-state index in [-0.39, 0.29) is 18.7 Å². The second kappa shape index (κ2) is 10.8. The Kier molecular flexibility index (Phi) is 7.35. The first-order valence-electron chi connectivity index (χ1n) is 11.3. The number of benzene rings is 2. The first kappa shape index (κ1) is 23.9. The molecule has 1 atom stereocenters. The molecule has 1 N–H and O–H groups in total. The number of nitrogens with zero attached hydrogens (tertiary/aromatic N) is 3. The van der Waals surface area contributed by atoms with Gasteiger partial charge in [0, 0.05) is 24.6 Å². The predicted octanol–water partition coefficient (Wildman–Crippen LogP) is 4.38. The second-order valence-corrected chi connectivity index (χ2v) is 8.06. The normalized spacial score (nSPS) is 15.4. The van der Waals surface area contributed by atoms with Crippen LogP contribution >= 0.6 is 0 Å². The molecule has 2 aromatic carbocycles. The summed E-state index contributed by atoms with van der Waals surface area (Å²) in [6.07, 6.45) is 3.85. The second-order valence-electron chi connectivity index (χ2n) is 8.06. The number of aromatic nitrogens is 1. The Labute approximate surface area is 202 Å². The molecule has 0 saturated carbocycles. The lowest BCUT2D eigenvalue weighted by molar-refractivity contribution is -0.124. The Morgan fingerprint density at radius 1 is 1.09 bits per heavy atom. The third kappa shape index (κ3) is 5.63. The van der Waals surface area contributed by atoms with Gasteiger partial charge in [0.25, 0.3) is 5.91 Å². The summed E-state index contributed by atoms with van der Waals surface area (Å²) in [6, 6.07) is 13.9. The van der Waals surface area contributed by atoms with Crippen LogP contribution in [-0.2, 0) is 16.1 Å². The first-order chi connectivity index (χ1) is 17.0. The van der Waals surface area contributed by atoms with Gasteiger partial charge in [-0.3, -0.25) is 14.6 Å². The highest BCUT2D eigenvalue weighted by molar-refractivity contribution is 6.22. The minimum atomic E-state index is -1.03. The van der Waals surface area contributed by atoms with Gasteiger partial charge in [0.2, 0.25) is 5.91 Å². The summed E-state index contributed by atoms with van der Waals surface area (Å²) in [7, 11) is 0. The lowest BCUT2D eigenvalue weighted by Gasteiger charge is -2.21. The van der Waals surface area contributed by atoms with E-state index in [1.807, 2.05) is 6.92 Å². The molecular formula is C26H25FN4O4. The highest BCUT2D eigenvalue weighted by Crippen LogP contribution is 2.29. The monoisotopic (exact) mass is 476 g/mol. The molecule has 4 amide bonds. The molecular weight excluding hydrogens is 451 g/mol. The summed E-state index contributed by atoms with van der Waals surface area (Å²) in [5, 5.41) is 2.77. The molecule has 2 heterocycles. The molecule has 3 aromatic rings. The molecule has 1 saturated heterocycles. The molecule has 0 aliphatic carbocycles. The van der Waals surface area contributed by atoms with Crippen molar-refractivity contribution in [3.63, 3.8) is 0 Å². The molecule has 1 unspecified atom stereocenters. The van der Waals surface area contributed by atoms with Crippen molar-refractivity contribution in [1.82, 2.24) is 9.88 Å². The minimum Gasteiger partial charge on any atom is -0.494 e. The van der Waals surface area contributed by atoms with Crippen molar-refractivity contribution in [3.05, 3.63) is 84.4 Å². The number of carbonyl (C=O) groups excluding carboxylic acids is 3.